The summed E-state index contributed by atoms with van der Waals surface area (Å²) in [4.78, 5) is 2.53. The number of rotatable bonds is 11. The maximum atomic E-state index is 5.73. The molecule has 3 heteroatoms. The fourth-order valence-electron chi connectivity index (χ4n) is 2.41. The van der Waals surface area contributed by atoms with Crippen LogP contribution in [0.3, 0.4) is 0 Å². The van der Waals surface area contributed by atoms with Crippen LogP contribution >= 0.6 is 0 Å². The third-order valence-electron chi connectivity index (χ3n) is 3.92. The average molecular weight is 278 g/mol. The van der Waals surface area contributed by atoms with Crippen LogP contribution in [0.15, 0.2) is 16.7 Å². The lowest BCUT2D eigenvalue weighted by Crippen LogP contribution is -2.25. The van der Waals surface area contributed by atoms with E-state index < -0.39 is 0 Å². The summed E-state index contributed by atoms with van der Waals surface area (Å²) in [5.74, 6) is 1.12. The van der Waals surface area contributed by atoms with E-state index in [-0.39, 0.29) is 0 Å². The summed E-state index contributed by atoms with van der Waals surface area (Å²) in [5, 5.41) is 3.53. The lowest BCUT2D eigenvalue weighted by Gasteiger charge is -2.20. The van der Waals surface area contributed by atoms with Crippen LogP contribution in [0, 0.1) is 0 Å². The molecule has 0 amide bonds. The summed E-state index contributed by atoms with van der Waals surface area (Å²) in [6.07, 6.45) is 9.68. The molecule has 1 saturated carbocycles. The van der Waals surface area contributed by atoms with E-state index in [0.29, 0.717) is 0 Å². The number of furan rings is 1. The molecule has 1 N–H and O–H groups in total. The van der Waals surface area contributed by atoms with Gasteiger partial charge in [0, 0.05) is 18.2 Å². The number of hydrogen-bond donors (Lipinski definition) is 1. The van der Waals surface area contributed by atoms with Crippen molar-refractivity contribution in [3.05, 3.63) is 23.7 Å². The quantitative estimate of drug-likeness (QED) is 0.664. The molecule has 1 heterocycles. The van der Waals surface area contributed by atoms with Gasteiger partial charge in [0.05, 0.1) is 12.8 Å². The van der Waals surface area contributed by atoms with Crippen molar-refractivity contribution in [1.82, 2.24) is 10.2 Å². The first-order valence-corrected chi connectivity index (χ1v) is 8.33. The van der Waals surface area contributed by atoms with E-state index in [4.69, 9.17) is 4.42 Å². The van der Waals surface area contributed by atoms with Crippen LogP contribution in [-0.4, -0.2) is 24.0 Å². The lowest BCUT2D eigenvalue weighted by molar-refractivity contribution is 0.237. The monoisotopic (exact) mass is 278 g/mol. The summed E-state index contributed by atoms with van der Waals surface area (Å²) < 4.78 is 5.73. The third-order valence-corrected chi connectivity index (χ3v) is 3.92. The van der Waals surface area contributed by atoms with Gasteiger partial charge < -0.3 is 9.73 Å². The summed E-state index contributed by atoms with van der Waals surface area (Å²) in [7, 11) is 0. The van der Waals surface area contributed by atoms with E-state index in [0.717, 1.165) is 24.9 Å². The van der Waals surface area contributed by atoms with E-state index in [2.05, 4.69) is 30.1 Å². The Morgan fingerprint density at radius 2 is 1.90 bits per heavy atom. The van der Waals surface area contributed by atoms with Crippen molar-refractivity contribution in [3.8, 4) is 0 Å². The van der Waals surface area contributed by atoms with E-state index in [9.17, 15) is 0 Å². The van der Waals surface area contributed by atoms with Gasteiger partial charge in [0.15, 0.2) is 0 Å². The van der Waals surface area contributed by atoms with Gasteiger partial charge in [0.25, 0.3) is 0 Å². The zero-order valence-electron chi connectivity index (χ0n) is 13.2. The Kier molecular flexibility index (Phi) is 6.61. The van der Waals surface area contributed by atoms with E-state index in [1.807, 2.05) is 6.26 Å². The minimum Gasteiger partial charge on any atom is -0.468 e. The minimum absolute atomic E-state index is 0.763. The largest absolute Gasteiger partial charge is 0.468 e. The Morgan fingerprint density at radius 3 is 2.50 bits per heavy atom. The number of nitrogens with one attached hydrogen (secondary N) is 1. The highest BCUT2D eigenvalue weighted by molar-refractivity contribution is 5.13. The van der Waals surface area contributed by atoms with Crippen LogP contribution in [0.4, 0.5) is 0 Å². The van der Waals surface area contributed by atoms with Gasteiger partial charge in [-0.3, -0.25) is 4.90 Å². The first-order valence-electron chi connectivity index (χ1n) is 8.33. The smallest absolute Gasteiger partial charge is 0.118 e. The van der Waals surface area contributed by atoms with Crippen LogP contribution in [0.25, 0.3) is 0 Å². The number of nitrogens with zero attached hydrogens (tertiary/aromatic N) is 1. The van der Waals surface area contributed by atoms with Crippen molar-refractivity contribution in [1.29, 1.82) is 0 Å². The molecule has 0 unspecified atom stereocenters. The summed E-state index contributed by atoms with van der Waals surface area (Å²) in [5.41, 5.74) is 1.29. The second-order valence-corrected chi connectivity index (χ2v) is 6.06. The van der Waals surface area contributed by atoms with Crippen LogP contribution in [0.2, 0.25) is 0 Å². The molecule has 2 rings (SSSR count). The molecule has 0 saturated heterocycles. The lowest BCUT2D eigenvalue weighted by atomic mass is 10.2. The number of hydrogen-bond acceptors (Lipinski definition) is 3. The Labute approximate surface area is 123 Å². The SMILES string of the molecule is CCCCN(CCCC)Cc1cc(CNC2CC2)co1. The van der Waals surface area contributed by atoms with E-state index in [1.165, 1.54) is 57.2 Å². The average Bonchev–Trinajstić information content (AvgIpc) is 3.19. The van der Waals surface area contributed by atoms with Gasteiger partial charge in [-0.1, -0.05) is 26.7 Å². The molecule has 1 fully saturated rings. The molecule has 1 aliphatic carbocycles. The zero-order chi connectivity index (χ0) is 14.2. The summed E-state index contributed by atoms with van der Waals surface area (Å²) in [6.45, 7) is 8.81. The van der Waals surface area contributed by atoms with Gasteiger partial charge in [-0.15, -0.1) is 0 Å². The molecule has 0 aromatic carbocycles. The maximum Gasteiger partial charge on any atom is 0.118 e. The van der Waals surface area contributed by atoms with Gasteiger partial charge in [-0.25, -0.2) is 0 Å². The topological polar surface area (TPSA) is 28.4 Å². The molecule has 1 aromatic heterocycles. The van der Waals surface area contributed by atoms with Gasteiger partial charge in [-0.2, -0.15) is 0 Å². The van der Waals surface area contributed by atoms with Crippen molar-refractivity contribution in [2.24, 2.45) is 0 Å². The fourth-order valence-corrected chi connectivity index (χ4v) is 2.41. The molecular formula is C17H30N2O. The molecule has 0 bridgehead atoms. The van der Waals surface area contributed by atoms with Crippen LogP contribution in [0.5, 0.6) is 0 Å². The fraction of sp³-hybridized carbons (Fsp3) is 0.765. The van der Waals surface area contributed by atoms with Crippen molar-refractivity contribution in [3.63, 3.8) is 0 Å². The van der Waals surface area contributed by atoms with Crippen LogP contribution < -0.4 is 5.32 Å². The Bertz CT molecular complexity index is 363. The van der Waals surface area contributed by atoms with Crippen molar-refractivity contribution >= 4 is 0 Å². The zero-order valence-corrected chi connectivity index (χ0v) is 13.2. The van der Waals surface area contributed by atoms with Gasteiger partial charge >= 0.3 is 0 Å². The molecule has 1 aromatic rings. The maximum absolute atomic E-state index is 5.73. The molecule has 0 spiro atoms. The Morgan fingerprint density at radius 1 is 1.20 bits per heavy atom. The van der Waals surface area contributed by atoms with Gasteiger partial charge in [-0.05, 0) is 44.8 Å². The summed E-state index contributed by atoms with van der Waals surface area (Å²) in [6, 6.07) is 2.99. The van der Waals surface area contributed by atoms with Crippen molar-refractivity contribution in [2.75, 3.05) is 13.1 Å². The number of unbranched alkanes of at least 4 members (excludes halogenated alkanes) is 2. The minimum atomic E-state index is 0.763. The molecule has 114 valence electrons. The highest BCUT2D eigenvalue weighted by Crippen LogP contribution is 2.20. The van der Waals surface area contributed by atoms with Gasteiger partial charge in [0.1, 0.15) is 5.76 Å². The van der Waals surface area contributed by atoms with Gasteiger partial charge in [0.2, 0.25) is 0 Å². The second-order valence-electron chi connectivity index (χ2n) is 6.06. The Balaban J connectivity index is 1.77. The van der Waals surface area contributed by atoms with Crippen LogP contribution in [-0.2, 0) is 13.1 Å². The standard InChI is InChI=1S/C17H30N2O/c1-3-5-9-19(10-6-4-2)13-17-11-15(14-20-17)12-18-16-7-8-16/h11,14,16,18H,3-10,12-13H2,1-2H3. The first-order chi connectivity index (χ1) is 9.81. The molecular weight excluding hydrogens is 248 g/mol. The predicted octanol–water partition coefficient (Wildman–Crippen LogP) is 3.93. The summed E-state index contributed by atoms with van der Waals surface area (Å²) >= 11 is 0. The molecule has 3 nitrogen and oxygen atoms in total. The van der Waals surface area contributed by atoms with Crippen molar-refractivity contribution < 1.29 is 4.42 Å². The van der Waals surface area contributed by atoms with Crippen molar-refractivity contribution in [2.45, 2.75) is 71.5 Å². The molecule has 0 aliphatic heterocycles. The molecule has 20 heavy (non-hydrogen) atoms. The van der Waals surface area contributed by atoms with Crippen LogP contribution in [0.1, 0.15) is 63.7 Å². The highest BCUT2D eigenvalue weighted by atomic mass is 16.3. The predicted molar refractivity (Wildman–Crippen MR) is 83.7 cm³/mol. The van der Waals surface area contributed by atoms with E-state index in [1.54, 1.807) is 0 Å². The first kappa shape index (κ1) is 15.6. The molecule has 0 radical (unpaired) electrons. The second kappa shape index (κ2) is 8.48. The Hall–Kier alpha value is -0.800. The normalized spacial score (nSPS) is 15.2. The van der Waals surface area contributed by atoms with E-state index >= 15 is 0 Å². The molecule has 0 atom stereocenters. The highest BCUT2D eigenvalue weighted by Gasteiger charge is 2.20. The molecule has 1 aliphatic rings. The third kappa shape index (κ3) is 5.68.